The Morgan fingerprint density at radius 1 is 1.08 bits per heavy atom. The standard InChI is InChI=1S/C18H12BrNO3S/c19-14-8-4-5-12(9-14)10-16-17(22)20(18(23)24-16)11-15(21)13-6-2-1-3-7-13/h1-10H,11H2/b16-10+. The van der Waals surface area contributed by atoms with Crippen LogP contribution in [-0.4, -0.2) is 28.4 Å². The van der Waals surface area contributed by atoms with Gasteiger partial charge in [-0.3, -0.25) is 19.3 Å². The van der Waals surface area contributed by atoms with Gasteiger partial charge < -0.3 is 0 Å². The Hall–Kier alpha value is -2.18. The van der Waals surface area contributed by atoms with Crippen molar-refractivity contribution in [2.45, 2.75) is 0 Å². The number of benzene rings is 2. The highest BCUT2D eigenvalue weighted by Gasteiger charge is 2.36. The number of Topliss-reactive ketones (excluding diaryl/α,β-unsaturated/α-hetero) is 1. The lowest BCUT2D eigenvalue weighted by Gasteiger charge is -2.11. The van der Waals surface area contributed by atoms with Gasteiger partial charge in [0.2, 0.25) is 0 Å². The summed E-state index contributed by atoms with van der Waals surface area (Å²) < 4.78 is 0.884. The van der Waals surface area contributed by atoms with Crippen LogP contribution in [0.3, 0.4) is 0 Å². The number of hydrogen-bond acceptors (Lipinski definition) is 4. The van der Waals surface area contributed by atoms with E-state index in [4.69, 9.17) is 0 Å². The highest BCUT2D eigenvalue weighted by molar-refractivity contribution is 9.10. The molecular weight excluding hydrogens is 390 g/mol. The number of imide groups is 1. The number of carbonyl (C=O) groups excluding carboxylic acids is 3. The number of hydrogen-bond donors (Lipinski definition) is 0. The summed E-state index contributed by atoms with van der Waals surface area (Å²) in [4.78, 5) is 38.0. The molecule has 0 atom stereocenters. The van der Waals surface area contributed by atoms with Gasteiger partial charge in [0.25, 0.3) is 11.1 Å². The average Bonchev–Trinajstić information content (AvgIpc) is 2.83. The number of amides is 2. The van der Waals surface area contributed by atoms with Crippen molar-refractivity contribution in [3.8, 4) is 0 Å². The second kappa shape index (κ2) is 7.15. The van der Waals surface area contributed by atoms with Crippen LogP contribution >= 0.6 is 27.7 Å². The topological polar surface area (TPSA) is 54.5 Å². The number of thioether (sulfide) groups is 1. The van der Waals surface area contributed by atoms with E-state index in [9.17, 15) is 14.4 Å². The lowest BCUT2D eigenvalue weighted by atomic mass is 10.1. The van der Waals surface area contributed by atoms with E-state index in [1.165, 1.54) is 0 Å². The molecule has 3 rings (SSSR count). The summed E-state index contributed by atoms with van der Waals surface area (Å²) >= 11 is 4.22. The molecular formula is C18H12BrNO3S. The Labute approximate surface area is 151 Å². The maximum absolute atomic E-state index is 12.4. The monoisotopic (exact) mass is 401 g/mol. The molecule has 2 aromatic rings. The zero-order chi connectivity index (χ0) is 17.1. The second-order valence-electron chi connectivity index (χ2n) is 5.11. The molecule has 0 bridgehead atoms. The maximum atomic E-state index is 12.4. The molecule has 1 aliphatic rings. The fourth-order valence-corrected chi connectivity index (χ4v) is 3.50. The number of rotatable bonds is 4. The molecule has 0 saturated carbocycles. The van der Waals surface area contributed by atoms with E-state index in [2.05, 4.69) is 15.9 Å². The van der Waals surface area contributed by atoms with Gasteiger partial charge in [-0.25, -0.2) is 0 Å². The lowest BCUT2D eigenvalue weighted by molar-refractivity contribution is -0.122. The molecule has 24 heavy (non-hydrogen) atoms. The van der Waals surface area contributed by atoms with E-state index in [0.717, 1.165) is 26.7 Å². The van der Waals surface area contributed by atoms with Crippen LogP contribution in [-0.2, 0) is 4.79 Å². The SMILES string of the molecule is O=C(CN1C(=O)S/C(=C/c2cccc(Br)c2)C1=O)c1ccccc1. The van der Waals surface area contributed by atoms with Gasteiger partial charge in [0.15, 0.2) is 5.78 Å². The second-order valence-corrected chi connectivity index (χ2v) is 7.02. The Morgan fingerprint density at radius 2 is 1.83 bits per heavy atom. The van der Waals surface area contributed by atoms with Crippen LogP contribution in [0.25, 0.3) is 6.08 Å². The fraction of sp³-hybridized carbons (Fsp3) is 0.0556. The van der Waals surface area contributed by atoms with Crippen LogP contribution in [0.1, 0.15) is 15.9 Å². The number of carbonyl (C=O) groups is 3. The van der Waals surface area contributed by atoms with Crippen molar-refractivity contribution >= 4 is 50.7 Å². The van der Waals surface area contributed by atoms with Crippen molar-refractivity contribution in [1.29, 1.82) is 0 Å². The Morgan fingerprint density at radius 3 is 2.54 bits per heavy atom. The van der Waals surface area contributed by atoms with Gasteiger partial charge >= 0.3 is 0 Å². The third kappa shape index (κ3) is 3.66. The molecule has 0 N–H and O–H groups in total. The molecule has 4 nitrogen and oxygen atoms in total. The first kappa shape index (κ1) is 16.7. The summed E-state index contributed by atoms with van der Waals surface area (Å²) in [6.07, 6.45) is 1.66. The Balaban J connectivity index is 1.78. The molecule has 120 valence electrons. The van der Waals surface area contributed by atoms with Crippen LogP contribution < -0.4 is 0 Å². The lowest BCUT2D eigenvalue weighted by Crippen LogP contribution is -2.33. The minimum absolute atomic E-state index is 0.246. The molecule has 1 aliphatic heterocycles. The molecule has 2 amide bonds. The van der Waals surface area contributed by atoms with E-state index in [-0.39, 0.29) is 12.3 Å². The summed E-state index contributed by atoms with van der Waals surface area (Å²) in [5.41, 5.74) is 1.29. The van der Waals surface area contributed by atoms with Gasteiger partial charge in [-0.1, -0.05) is 58.4 Å². The molecule has 1 fully saturated rings. The molecule has 0 radical (unpaired) electrons. The van der Waals surface area contributed by atoms with E-state index >= 15 is 0 Å². The van der Waals surface area contributed by atoms with Crippen molar-refractivity contribution in [1.82, 2.24) is 4.90 Å². The van der Waals surface area contributed by atoms with Crippen molar-refractivity contribution in [2.24, 2.45) is 0 Å². The largest absolute Gasteiger partial charge is 0.293 e. The number of halogens is 1. The average molecular weight is 402 g/mol. The van der Waals surface area contributed by atoms with Crippen LogP contribution in [0, 0.1) is 0 Å². The zero-order valence-electron chi connectivity index (χ0n) is 12.4. The van der Waals surface area contributed by atoms with E-state index in [1.807, 2.05) is 24.3 Å². The van der Waals surface area contributed by atoms with Crippen molar-refractivity contribution in [3.63, 3.8) is 0 Å². The van der Waals surface area contributed by atoms with E-state index in [1.54, 1.807) is 36.4 Å². The first-order chi connectivity index (χ1) is 11.5. The highest BCUT2D eigenvalue weighted by Crippen LogP contribution is 2.32. The molecule has 0 spiro atoms. The minimum atomic E-state index is -0.436. The minimum Gasteiger partial charge on any atom is -0.292 e. The third-order valence-electron chi connectivity index (χ3n) is 3.42. The van der Waals surface area contributed by atoms with E-state index < -0.39 is 11.1 Å². The summed E-state index contributed by atoms with van der Waals surface area (Å²) in [7, 11) is 0. The van der Waals surface area contributed by atoms with Gasteiger partial charge in [-0.05, 0) is 35.5 Å². The van der Waals surface area contributed by atoms with Gasteiger partial charge in [0.05, 0.1) is 11.4 Å². The van der Waals surface area contributed by atoms with Crippen LogP contribution in [0.4, 0.5) is 4.79 Å². The van der Waals surface area contributed by atoms with Crippen LogP contribution in [0.15, 0.2) is 64.0 Å². The van der Waals surface area contributed by atoms with Crippen LogP contribution in [0.2, 0.25) is 0 Å². The van der Waals surface area contributed by atoms with Gasteiger partial charge in [0, 0.05) is 10.0 Å². The zero-order valence-corrected chi connectivity index (χ0v) is 14.8. The summed E-state index contributed by atoms with van der Waals surface area (Å²) in [5.74, 6) is -0.698. The predicted octanol–water partition coefficient (Wildman–Crippen LogP) is 4.37. The number of ketones is 1. The Kier molecular flexibility index (Phi) is 4.97. The van der Waals surface area contributed by atoms with Crippen LogP contribution in [0.5, 0.6) is 0 Å². The summed E-state index contributed by atoms with van der Waals surface area (Å²) in [6.45, 7) is -0.246. The third-order valence-corrected chi connectivity index (χ3v) is 4.82. The quantitative estimate of drug-likeness (QED) is 0.563. The first-order valence-electron chi connectivity index (χ1n) is 7.14. The fourth-order valence-electron chi connectivity index (χ4n) is 2.24. The van der Waals surface area contributed by atoms with Crippen molar-refractivity contribution < 1.29 is 14.4 Å². The highest BCUT2D eigenvalue weighted by atomic mass is 79.9. The molecule has 0 aromatic heterocycles. The van der Waals surface area contributed by atoms with Gasteiger partial charge in [0.1, 0.15) is 0 Å². The molecule has 1 saturated heterocycles. The predicted molar refractivity (Wildman–Crippen MR) is 97.6 cm³/mol. The van der Waals surface area contributed by atoms with Crippen molar-refractivity contribution in [2.75, 3.05) is 6.54 Å². The molecule has 6 heteroatoms. The Bertz CT molecular complexity index is 848. The smallest absolute Gasteiger partial charge is 0.292 e. The molecule has 0 aliphatic carbocycles. The molecule has 2 aromatic carbocycles. The maximum Gasteiger partial charge on any atom is 0.293 e. The van der Waals surface area contributed by atoms with E-state index in [0.29, 0.717) is 10.5 Å². The number of nitrogens with zero attached hydrogens (tertiary/aromatic N) is 1. The normalized spacial score (nSPS) is 16.0. The first-order valence-corrected chi connectivity index (χ1v) is 8.75. The summed E-state index contributed by atoms with van der Waals surface area (Å²) in [6, 6.07) is 16.0. The van der Waals surface area contributed by atoms with Gasteiger partial charge in [-0.15, -0.1) is 0 Å². The molecule has 0 unspecified atom stereocenters. The summed E-state index contributed by atoms with van der Waals surface area (Å²) in [5, 5.41) is -0.425. The molecule has 1 heterocycles. The van der Waals surface area contributed by atoms with Gasteiger partial charge in [-0.2, -0.15) is 0 Å². The van der Waals surface area contributed by atoms with Crippen molar-refractivity contribution in [3.05, 3.63) is 75.1 Å².